The molecule has 0 unspecified atom stereocenters. The summed E-state index contributed by atoms with van der Waals surface area (Å²) in [6.45, 7) is 5.09. The molecule has 0 radical (unpaired) electrons. The van der Waals surface area contributed by atoms with Crippen LogP contribution < -0.4 is 5.32 Å². The minimum absolute atomic E-state index is 0.149. The molecule has 0 saturated carbocycles. The summed E-state index contributed by atoms with van der Waals surface area (Å²) in [5.74, 6) is -0.149. The highest BCUT2D eigenvalue weighted by Gasteiger charge is 2.18. The highest BCUT2D eigenvalue weighted by atomic mass is 16.1. The first kappa shape index (κ1) is 12.0. The van der Waals surface area contributed by atoms with Gasteiger partial charge in [-0.25, -0.2) is 4.98 Å². The number of likely N-dealkylation sites (tertiary alicyclic amines) is 1. The molecule has 0 aliphatic carbocycles. The molecule has 17 heavy (non-hydrogen) atoms. The predicted octanol–water partition coefficient (Wildman–Crippen LogP) is 0.691. The maximum atomic E-state index is 11.7. The van der Waals surface area contributed by atoms with Crippen LogP contribution in [0, 0.1) is 0 Å². The van der Waals surface area contributed by atoms with Crippen molar-refractivity contribution in [1.82, 2.24) is 20.2 Å². The van der Waals surface area contributed by atoms with E-state index in [4.69, 9.17) is 0 Å². The lowest BCUT2D eigenvalue weighted by Crippen LogP contribution is -2.40. The van der Waals surface area contributed by atoms with Gasteiger partial charge in [0.05, 0.1) is 6.20 Å². The minimum atomic E-state index is -0.149. The lowest BCUT2D eigenvalue weighted by molar-refractivity contribution is 0.0935. The van der Waals surface area contributed by atoms with Crippen LogP contribution >= 0.6 is 0 Å². The Morgan fingerprint density at radius 1 is 1.47 bits per heavy atom. The Morgan fingerprint density at radius 2 is 2.24 bits per heavy atom. The molecule has 1 N–H and O–H groups in total. The van der Waals surface area contributed by atoms with Gasteiger partial charge >= 0.3 is 0 Å². The van der Waals surface area contributed by atoms with Crippen LogP contribution in [0.1, 0.15) is 30.3 Å². The first-order chi connectivity index (χ1) is 8.27. The van der Waals surface area contributed by atoms with E-state index in [0.29, 0.717) is 18.3 Å². The molecule has 1 aromatic heterocycles. The summed E-state index contributed by atoms with van der Waals surface area (Å²) in [6.07, 6.45) is 7.10. The molecule has 0 spiro atoms. The van der Waals surface area contributed by atoms with E-state index in [1.165, 1.54) is 25.2 Å². The molecule has 2 rings (SSSR count). The average Bonchev–Trinajstić information content (AvgIpc) is 2.90. The number of rotatable bonds is 4. The molecule has 5 nitrogen and oxygen atoms in total. The Bertz CT molecular complexity index is 362. The Labute approximate surface area is 101 Å². The third-order valence-corrected chi connectivity index (χ3v) is 3.12. The zero-order valence-electron chi connectivity index (χ0n) is 10.1. The van der Waals surface area contributed by atoms with E-state index in [2.05, 4.69) is 27.1 Å². The minimum Gasteiger partial charge on any atom is -0.349 e. The van der Waals surface area contributed by atoms with Crippen molar-refractivity contribution in [2.24, 2.45) is 0 Å². The third kappa shape index (κ3) is 3.23. The first-order valence-electron chi connectivity index (χ1n) is 6.05. The predicted molar refractivity (Wildman–Crippen MR) is 64.6 cm³/mol. The van der Waals surface area contributed by atoms with Crippen LogP contribution in [0.4, 0.5) is 0 Å². The number of amides is 1. The topological polar surface area (TPSA) is 58.1 Å². The highest BCUT2D eigenvalue weighted by Crippen LogP contribution is 2.10. The molecule has 1 aliphatic heterocycles. The Hall–Kier alpha value is -1.49. The van der Waals surface area contributed by atoms with Gasteiger partial charge < -0.3 is 5.32 Å². The van der Waals surface area contributed by atoms with Crippen molar-refractivity contribution in [1.29, 1.82) is 0 Å². The van der Waals surface area contributed by atoms with Crippen LogP contribution in [0.15, 0.2) is 18.6 Å². The van der Waals surface area contributed by atoms with Gasteiger partial charge in [0, 0.05) is 25.0 Å². The van der Waals surface area contributed by atoms with Gasteiger partial charge in [-0.2, -0.15) is 0 Å². The summed E-state index contributed by atoms with van der Waals surface area (Å²) in [7, 11) is 0. The molecule has 1 atom stereocenters. The molecule has 1 amide bonds. The number of carbonyl (C=O) groups excluding carboxylic acids is 1. The average molecular weight is 234 g/mol. The van der Waals surface area contributed by atoms with Gasteiger partial charge in [-0.1, -0.05) is 0 Å². The van der Waals surface area contributed by atoms with Crippen molar-refractivity contribution >= 4 is 5.91 Å². The van der Waals surface area contributed by atoms with E-state index in [9.17, 15) is 4.79 Å². The second-order valence-electron chi connectivity index (χ2n) is 4.39. The SMILES string of the molecule is C[C@H](CNC(=O)c1cnccn1)N1CCCC1. The highest BCUT2D eigenvalue weighted by molar-refractivity contribution is 5.91. The quantitative estimate of drug-likeness (QED) is 0.832. The fraction of sp³-hybridized carbons (Fsp3) is 0.583. The normalized spacial score (nSPS) is 17.9. The maximum absolute atomic E-state index is 11.7. The summed E-state index contributed by atoms with van der Waals surface area (Å²) in [5.41, 5.74) is 0.376. The van der Waals surface area contributed by atoms with E-state index in [0.717, 1.165) is 13.1 Å². The van der Waals surface area contributed by atoms with Gasteiger partial charge in [-0.3, -0.25) is 14.7 Å². The number of hydrogen-bond acceptors (Lipinski definition) is 4. The zero-order valence-corrected chi connectivity index (χ0v) is 10.1. The standard InChI is InChI=1S/C12H18N4O/c1-10(16-6-2-3-7-16)8-15-12(17)11-9-13-4-5-14-11/h4-5,9-10H,2-3,6-8H2,1H3,(H,15,17)/t10-/m1/s1. The van der Waals surface area contributed by atoms with Gasteiger partial charge in [0.2, 0.25) is 0 Å². The van der Waals surface area contributed by atoms with Gasteiger partial charge in [-0.05, 0) is 32.9 Å². The van der Waals surface area contributed by atoms with Crippen molar-refractivity contribution in [3.8, 4) is 0 Å². The molecule has 1 saturated heterocycles. The van der Waals surface area contributed by atoms with Gasteiger partial charge in [0.25, 0.3) is 5.91 Å². The zero-order chi connectivity index (χ0) is 12.1. The summed E-state index contributed by atoms with van der Waals surface area (Å²) in [5, 5.41) is 2.89. The molecular weight excluding hydrogens is 216 g/mol. The number of nitrogens with one attached hydrogen (secondary N) is 1. The number of hydrogen-bond donors (Lipinski definition) is 1. The molecule has 0 bridgehead atoms. The molecule has 1 aliphatic rings. The van der Waals surface area contributed by atoms with Crippen molar-refractivity contribution in [2.75, 3.05) is 19.6 Å². The molecule has 5 heteroatoms. The van der Waals surface area contributed by atoms with Crippen molar-refractivity contribution in [3.05, 3.63) is 24.3 Å². The first-order valence-corrected chi connectivity index (χ1v) is 6.05. The van der Waals surface area contributed by atoms with E-state index < -0.39 is 0 Å². The third-order valence-electron chi connectivity index (χ3n) is 3.12. The Kier molecular flexibility index (Phi) is 4.03. The summed E-state index contributed by atoms with van der Waals surface area (Å²) >= 11 is 0. The van der Waals surface area contributed by atoms with Crippen LogP contribution in [-0.4, -0.2) is 46.5 Å². The smallest absolute Gasteiger partial charge is 0.271 e. The lowest BCUT2D eigenvalue weighted by Gasteiger charge is -2.23. The molecule has 92 valence electrons. The lowest BCUT2D eigenvalue weighted by atomic mass is 10.3. The fourth-order valence-electron chi connectivity index (χ4n) is 2.06. The number of aromatic nitrogens is 2. The number of carbonyl (C=O) groups is 1. The van der Waals surface area contributed by atoms with Crippen molar-refractivity contribution in [2.45, 2.75) is 25.8 Å². The summed E-state index contributed by atoms with van der Waals surface area (Å²) in [4.78, 5) is 22.0. The van der Waals surface area contributed by atoms with Crippen LogP contribution in [0.25, 0.3) is 0 Å². The van der Waals surface area contributed by atoms with Gasteiger partial charge in [0.15, 0.2) is 0 Å². The second-order valence-corrected chi connectivity index (χ2v) is 4.39. The van der Waals surface area contributed by atoms with Crippen LogP contribution in [0.5, 0.6) is 0 Å². The molecule has 1 aromatic rings. The molecule has 2 heterocycles. The van der Waals surface area contributed by atoms with E-state index in [1.807, 2.05) is 0 Å². The van der Waals surface area contributed by atoms with Crippen LogP contribution in [-0.2, 0) is 0 Å². The summed E-state index contributed by atoms with van der Waals surface area (Å²) < 4.78 is 0. The Balaban J connectivity index is 1.80. The Morgan fingerprint density at radius 3 is 2.88 bits per heavy atom. The van der Waals surface area contributed by atoms with E-state index in [-0.39, 0.29) is 5.91 Å². The van der Waals surface area contributed by atoms with Crippen molar-refractivity contribution < 1.29 is 4.79 Å². The van der Waals surface area contributed by atoms with Crippen LogP contribution in [0.3, 0.4) is 0 Å². The van der Waals surface area contributed by atoms with Gasteiger partial charge in [-0.15, -0.1) is 0 Å². The van der Waals surface area contributed by atoms with E-state index in [1.54, 1.807) is 6.20 Å². The fourth-order valence-corrected chi connectivity index (χ4v) is 2.06. The molecule has 1 fully saturated rings. The number of nitrogens with zero attached hydrogens (tertiary/aromatic N) is 3. The van der Waals surface area contributed by atoms with Crippen LogP contribution in [0.2, 0.25) is 0 Å². The van der Waals surface area contributed by atoms with E-state index >= 15 is 0 Å². The molecular formula is C12H18N4O. The van der Waals surface area contributed by atoms with Crippen molar-refractivity contribution in [3.63, 3.8) is 0 Å². The maximum Gasteiger partial charge on any atom is 0.271 e. The summed E-state index contributed by atoms with van der Waals surface area (Å²) in [6, 6.07) is 0.387. The van der Waals surface area contributed by atoms with Gasteiger partial charge in [0.1, 0.15) is 5.69 Å². The monoisotopic (exact) mass is 234 g/mol. The largest absolute Gasteiger partial charge is 0.349 e. The molecule has 0 aromatic carbocycles. The second kappa shape index (κ2) is 5.72.